The topological polar surface area (TPSA) is 19.6 Å². The van der Waals surface area contributed by atoms with Gasteiger partial charge in [-0.1, -0.05) is 133 Å². The predicted octanol–water partition coefficient (Wildman–Crippen LogP) is 14.5. The van der Waals surface area contributed by atoms with Gasteiger partial charge in [0.15, 0.2) is 5.58 Å². The van der Waals surface area contributed by atoms with Gasteiger partial charge in [0.25, 0.3) is 0 Å². The summed E-state index contributed by atoms with van der Waals surface area (Å²) in [5.74, 6) is 0. The highest BCUT2D eigenvalue weighted by Gasteiger charge is 2.23. The van der Waals surface area contributed by atoms with Gasteiger partial charge in [-0.05, 0) is 105 Å². The third-order valence-corrected chi connectivity index (χ3v) is 10.2. The molecule has 0 saturated heterocycles. The lowest BCUT2D eigenvalue weighted by Gasteiger charge is -2.26. The molecule has 0 spiro atoms. The maximum Gasteiger partial charge on any atom is 0.160 e. The Morgan fingerprint density at radius 3 is 1.32 bits per heavy atom. The van der Waals surface area contributed by atoms with Crippen LogP contribution < -0.4 is 9.80 Å². The van der Waals surface area contributed by atoms with E-state index in [0.29, 0.717) is 0 Å². The molecule has 1 heterocycles. The fraction of sp³-hybridized carbons (Fsp3) is 0. The first-order valence-corrected chi connectivity index (χ1v) is 18.0. The van der Waals surface area contributed by atoms with Crippen molar-refractivity contribution in [3.8, 4) is 11.1 Å². The lowest BCUT2D eigenvalue weighted by atomic mass is 9.98. The number of benzene rings is 9. The first-order chi connectivity index (χ1) is 26.3. The van der Waals surface area contributed by atoms with Gasteiger partial charge in [0.2, 0.25) is 0 Å². The molecular weight excluding hydrogens is 645 g/mol. The molecule has 0 aliphatic rings. The summed E-state index contributed by atoms with van der Waals surface area (Å²) < 4.78 is 6.87. The number of hydrogen-bond donors (Lipinski definition) is 0. The summed E-state index contributed by atoms with van der Waals surface area (Å²) in [6.07, 6.45) is 0. The second-order valence-corrected chi connectivity index (χ2v) is 13.4. The van der Waals surface area contributed by atoms with Crippen LogP contribution in [-0.4, -0.2) is 0 Å². The van der Waals surface area contributed by atoms with Crippen molar-refractivity contribution < 1.29 is 4.42 Å². The summed E-state index contributed by atoms with van der Waals surface area (Å²) in [6.45, 7) is 0. The molecule has 3 heteroatoms. The predicted molar refractivity (Wildman–Crippen MR) is 224 cm³/mol. The van der Waals surface area contributed by atoms with Gasteiger partial charge in [-0.3, -0.25) is 0 Å². The summed E-state index contributed by atoms with van der Waals surface area (Å²) >= 11 is 0. The van der Waals surface area contributed by atoms with Crippen LogP contribution in [0.5, 0.6) is 0 Å². The lowest BCUT2D eigenvalue weighted by Crippen LogP contribution is -2.10. The minimum atomic E-state index is 0.875. The van der Waals surface area contributed by atoms with Crippen LogP contribution >= 0.6 is 0 Å². The Morgan fingerprint density at radius 1 is 0.321 bits per heavy atom. The second kappa shape index (κ2) is 12.9. The molecule has 3 nitrogen and oxygen atoms in total. The molecule has 0 radical (unpaired) electrons. The first kappa shape index (κ1) is 30.7. The highest BCUT2D eigenvalue weighted by atomic mass is 16.3. The zero-order chi connectivity index (χ0) is 35.1. The Balaban J connectivity index is 1.09. The highest BCUT2D eigenvalue weighted by molar-refractivity contribution is 6.29. The van der Waals surface area contributed by atoms with Crippen molar-refractivity contribution in [3.63, 3.8) is 0 Å². The fourth-order valence-electron chi connectivity index (χ4n) is 7.75. The Morgan fingerprint density at radius 2 is 0.755 bits per heavy atom. The highest BCUT2D eigenvalue weighted by Crippen LogP contribution is 2.47. The van der Waals surface area contributed by atoms with Gasteiger partial charge in [0, 0.05) is 39.2 Å². The minimum absolute atomic E-state index is 0.875. The van der Waals surface area contributed by atoms with E-state index in [1.165, 1.54) is 21.5 Å². The number of hydrogen-bond acceptors (Lipinski definition) is 3. The van der Waals surface area contributed by atoms with E-state index in [1.54, 1.807) is 0 Å². The normalized spacial score (nSPS) is 11.4. The fourth-order valence-corrected chi connectivity index (χ4v) is 7.75. The molecule has 53 heavy (non-hydrogen) atoms. The van der Waals surface area contributed by atoms with Crippen molar-refractivity contribution in [1.29, 1.82) is 0 Å². The molecular formula is C50H34N2O. The van der Waals surface area contributed by atoms with Gasteiger partial charge in [-0.15, -0.1) is 0 Å². The van der Waals surface area contributed by atoms with Gasteiger partial charge in [0.05, 0.1) is 5.69 Å². The maximum atomic E-state index is 6.87. The van der Waals surface area contributed by atoms with E-state index >= 15 is 0 Å². The second-order valence-electron chi connectivity index (χ2n) is 13.4. The molecule has 0 N–H and O–H groups in total. The monoisotopic (exact) mass is 678 g/mol. The van der Waals surface area contributed by atoms with Crippen molar-refractivity contribution in [3.05, 3.63) is 206 Å². The molecule has 0 fully saturated rings. The molecule has 9 aromatic carbocycles. The molecule has 10 rings (SSSR count). The zero-order valence-corrected chi connectivity index (χ0v) is 28.9. The molecule has 0 atom stereocenters. The minimum Gasteiger partial charge on any atom is -0.454 e. The van der Waals surface area contributed by atoms with Crippen molar-refractivity contribution in [2.24, 2.45) is 0 Å². The van der Waals surface area contributed by atoms with Gasteiger partial charge in [-0.2, -0.15) is 0 Å². The van der Waals surface area contributed by atoms with Crippen LogP contribution in [0.2, 0.25) is 0 Å². The lowest BCUT2D eigenvalue weighted by molar-refractivity contribution is 0.669. The van der Waals surface area contributed by atoms with Gasteiger partial charge >= 0.3 is 0 Å². The number of anilines is 6. The summed E-state index contributed by atoms with van der Waals surface area (Å²) in [6, 6.07) is 73.1. The number of para-hydroxylation sites is 3. The first-order valence-electron chi connectivity index (χ1n) is 18.0. The summed E-state index contributed by atoms with van der Waals surface area (Å²) in [5, 5.41) is 7.05. The third kappa shape index (κ3) is 5.38. The molecule has 0 saturated carbocycles. The van der Waals surface area contributed by atoms with Crippen LogP contribution in [0.15, 0.2) is 211 Å². The Labute approximate surface area is 308 Å². The Bertz CT molecular complexity index is 2820. The number of rotatable bonds is 7. The van der Waals surface area contributed by atoms with Crippen LogP contribution in [0, 0.1) is 0 Å². The van der Waals surface area contributed by atoms with Crippen molar-refractivity contribution in [2.75, 3.05) is 9.80 Å². The smallest absolute Gasteiger partial charge is 0.160 e. The van der Waals surface area contributed by atoms with E-state index in [4.69, 9.17) is 4.42 Å². The van der Waals surface area contributed by atoms with Gasteiger partial charge < -0.3 is 14.2 Å². The van der Waals surface area contributed by atoms with Crippen LogP contribution in [0.4, 0.5) is 34.1 Å². The molecule has 0 unspecified atom stereocenters. The quantitative estimate of drug-likeness (QED) is 0.167. The summed E-state index contributed by atoms with van der Waals surface area (Å²) in [5.41, 5.74) is 10.5. The molecule has 0 amide bonds. The SMILES string of the molecule is c1ccc(N(c2ccccc2)c2ccc(-c3ccc(N(c4ccccc4)c4cc5ccccc5c5c4oc4ccc6ccccc6c45)cc3)cc2)cc1. The molecule has 0 bridgehead atoms. The van der Waals surface area contributed by atoms with Crippen molar-refractivity contribution >= 4 is 77.6 Å². The Kier molecular flexibility index (Phi) is 7.47. The third-order valence-electron chi connectivity index (χ3n) is 10.2. The van der Waals surface area contributed by atoms with Gasteiger partial charge in [-0.25, -0.2) is 0 Å². The summed E-state index contributed by atoms with van der Waals surface area (Å²) in [7, 11) is 0. The molecule has 0 aliphatic carbocycles. The molecule has 1 aromatic heterocycles. The van der Waals surface area contributed by atoms with Crippen LogP contribution in [0.1, 0.15) is 0 Å². The molecule has 0 aliphatic heterocycles. The maximum absolute atomic E-state index is 6.87. The van der Waals surface area contributed by atoms with Crippen LogP contribution in [0.3, 0.4) is 0 Å². The van der Waals surface area contributed by atoms with Crippen LogP contribution in [-0.2, 0) is 0 Å². The van der Waals surface area contributed by atoms with Crippen molar-refractivity contribution in [2.45, 2.75) is 0 Å². The van der Waals surface area contributed by atoms with E-state index in [2.05, 4.69) is 216 Å². The number of fused-ring (bicyclic) bond motifs is 7. The van der Waals surface area contributed by atoms with Crippen molar-refractivity contribution in [1.82, 2.24) is 0 Å². The average molecular weight is 679 g/mol. The number of nitrogens with zero attached hydrogens (tertiary/aromatic N) is 2. The average Bonchev–Trinajstić information content (AvgIpc) is 3.64. The molecule has 10 aromatic rings. The Hall–Kier alpha value is -7.10. The van der Waals surface area contributed by atoms with Gasteiger partial charge in [0.1, 0.15) is 5.58 Å². The standard InChI is InChI=1S/C50H34N2O/c1-4-16-39(17-5-1)51(40-18-6-2-7-19-40)42-29-24-35(25-30-42)36-26-31-43(32-27-36)52(41-20-8-3-9-21-41)46-34-38-15-11-13-23-45(38)49-48-44-22-12-10-14-37(44)28-33-47(48)53-50(46)49/h1-34H. The van der Waals surface area contributed by atoms with E-state index < -0.39 is 0 Å². The number of furan rings is 1. The van der Waals surface area contributed by atoms with Crippen LogP contribution in [0.25, 0.3) is 54.6 Å². The van der Waals surface area contributed by atoms with E-state index in [1.807, 2.05) is 0 Å². The largest absolute Gasteiger partial charge is 0.454 e. The van der Waals surface area contributed by atoms with E-state index in [9.17, 15) is 0 Å². The zero-order valence-electron chi connectivity index (χ0n) is 28.9. The van der Waals surface area contributed by atoms with E-state index in [-0.39, 0.29) is 0 Å². The van der Waals surface area contributed by atoms with E-state index in [0.717, 1.165) is 67.2 Å². The summed E-state index contributed by atoms with van der Waals surface area (Å²) in [4.78, 5) is 4.61. The molecule has 250 valence electrons.